The number of aliphatic hydroxyl groups is 1. The van der Waals surface area contributed by atoms with Crippen molar-refractivity contribution in [2.75, 3.05) is 26.9 Å². The van der Waals surface area contributed by atoms with E-state index in [0.717, 1.165) is 6.42 Å². The van der Waals surface area contributed by atoms with Gasteiger partial charge in [0.15, 0.2) is 0 Å². The smallest absolute Gasteiger partial charge is 0.295 e. The summed E-state index contributed by atoms with van der Waals surface area (Å²) >= 11 is 6.03. The van der Waals surface area contributed by atoms with Crippen molar-refractivity contribution in [3.8, 4) is 5.75 Å². The van der Waals surface area contributed by atoms with Crippen LogP contribution in [0.5, 0.6) is 5.75 Å². The average molecular weight is 444 g/mol. The molecule has 7 heteroatoms. The van der Waals surface area contributed by atoms with Crippen LogP contribution in [0.15, 0.2) is 54.1 Å². The molecule has 0 aromatic heterocycles. The molecule has 0 bridgehead atoms. The van der Waals surface area contributed by atoms with Crippen LogP contribution < -0.4 is 4.74 Å². The number of hydrogen-bond donors (Lipinski definition) is 1. The lowest BCUT2D eigenvalue weighted by molar-refractivity contribution is -0.140. The minimum absolute atomic E-state index is 0.0531. The lowest BCUT2D eigenvalue weighted by atomic mass is 9.95. The Morgan fingerprint density at radius 2 is 1.87 bits per heavy atom. The van der Waals surface area contributed by atoms with Crippen molar-refractivity contribution in [1.29, 1.82) is 0 Å². The number of benzene rings is 2. The number of amides is 1. The van der Waals surface area contributed by atoms with Gasteiger partial charge in [-0.15, -0.1) is 0 Å². The topological polar surface area (TPSA) is 76.1 Å². The molecular formula is C24H26ClNO5. The van der Waals surface area contributed by atoms with Crippen molar-refractivity contribution in [3.63, 3.8) is 0 Å². The highest BCUT2D eigenvalue weighted by Crippen LogP contribution is 2.40. The number of ether oxygens (including phenoxy) is 2. The van der Waals surface area contributed by atoms with Gasteiger partial charge in [-0.3, -0.25) is 9.59 Å². The Morgan fingerprint density at radius 1 is 1.13 bits per heavy atom. The summed E-state index contributed by atoms with van der Waals surface area (Å²) in [5.74, 6) is -0.997. The van der Waals surface area contributed by atoms with E-state index in [9.17, 15) is 14.7 Å². The number of carbonyl (C=O) groups excluding carboxylic acids is 2. The molecule has 31 heavy (non-hydrogen) atoms. The highest BCUT2D eigenvalue weighted by Gasteiger charge is 2.45. The van der Waals surface area contributed by atoms with Crippen molar-refractivity contribution in [2.45, 2.75) is 25.8 Å². The number of methoxy groups -OCH3 is 1. The molecule has 0 radical (unpaired) electrons. The van der Waals surface area contributed by atoms with Crippen LogP contribution in [-0.4, -0.2) is 48.6 Å². The van der Waals surface area contributed by atoms with E-state index < -0.39 is 17.7 Å². The molecule has 3 rings (SSSR count). The van der Waals surface area contributed by atoms with Crippen LogP contribution in [0.3, 0.4) is 0 Å². The molecule has 2 aromatic rings. The van der Waals surface area contributed by atoms with Gasteiger partial charge in [-0.05, 0) is 42.7 Å². The predicted octanol–water partition coefficient (Wildman–Crippen LogP) is 4.59. The van der Waals surface area contributed by atoms with Crippen molar-refractivity contribution in [3.05, 3.63) is 70.3 Å². The van der Waals surface area contributed by atoms with E-state index in [0.29, 0.717) is 48.1 Å². The maximum Gasteiger partial charge on any atom is 0.295 e. The van der Waals surface area contributed by atoms with Crippen LogP contribution in [0.1, 0.15) is 36.9 Å². The summed E-state index contributed by atoms with van der Waals surface area (Å²) in [4.78, 5) is 27.3. The maximum absolute atomic E-state index is 13.0. The van der Waals surface area contributed by atoms with Gasteiger partial charge in [-0.25, -0.2) is 0 Å². The second-order valence-corrected chi connectivity index (χ2v) is 7.70. The minimum Gasteiger partial charge on any atom is -0.507 e. The van der Waals surface area contributed by atoms with Crippen LogP contribution in [0, 0.1) is 0 Å². The van der Waals surface area contributed by atoms with Crippen molar-refractivity contribution >= 4 is 29.1 Å². The number of aliphatic hydroxyl groups excluding tert-OH is 1. The Hall–Kier alpha value is -2.83. The molecule has 0 aliphatic carbocycles. The summed E-state index contributed by atoms with van der Waals surface area (Å²) in [5, 5.41) is 11.7. The molecule has 0 spiro atoms. The predicted molar refractivity (Wildman–Crippen MR) is 119 cm³/mol. The Morgan fingerprint density at radius 3 is 2.55 bits per heavy atom. The number of halogens is 1. The molecule has 1 aliphatic heterocycles. The summed E-state index contributed by atoms with van der Waals surface area (Å²) < 4.78 is 10.7. The fourth-order valence-corrected chi connectivity index (χ4v) is 3.72. The number of hydrogen-bond acceptors (Lipinski definition) is 5. The van der Waals surface area contributed by atoms with Gasteiger partial charge in [0.2, 0.25) is 0 Å². The Bertz CT molecular complexity index is 970. The molecule has 1 aliphatic rings. The molecule has 1 amide bonds. The molecule has 1 heterocycles. The van der Waals surface area contributed by atoms with Crippen molar-refractivity contribution in [2.24, 2.45) is 0 Å². The van der Waals surface area contributed by atoms with E-state index in [1.165, 1.54) is 4.90 Å². The van der Waals surface area contributed by atoms with Gasteiger partial charge in [0.05, 0.1) is 18.2 Å². The Balaban J connectivity index is 2.07. The quantitative estimate of drug-likeness (QED) is 0.265. The highest BCUT2D eigenvalue weighted by molar-refractivity contribution is 6.46. The first-order chi connectivity index (χ1) is 15.0. The molecule has 1 saturated heterocycles. The highest BCUT2D eigenvalue weighted by atomic mass is 35.5. The number of carbonyl (C=O) groups is 2. The van der Waals surface area contributed by atoms with E-state index in [1.54, 1.807) is 55.6 Å². The minimum atomic E-state index is -0.714. The zero-order chi connectivity index (χ0) is 22.4. The monoisotopic (exact) mass is 443 g/mol. The first-order valence-corrected chi connectivity index (χ1v) is 10.6. The number of ketones is 1. The molecule has 164 valence electrons. The summed E-state index contributed by atoms with van der Waals surface area (Å²) in [6.07, 6.45) is 1.41. The largest absolute Gasteiger partial charge is 0.507 e. The molecule has 1 N–H and O–H groups in total. The van der Waals surface area contributed by atoms with E-state index >= 15 is 0 Å². The van der Waals surface area contributed by atoms with Gasteiger partial charge in [0.25, 0.3) is 11.7 Å². The van der Waals surface area contributed by atoms with Crippen LogP contribution in [0.2, 0.25) is 5.02 Å². The first kappa shape index (κ1) is 22.8. The average Bonchev–Trinajstić information content (AvgIpc) is 3.03. The molecule has 1 unspecified atom stereocenters. The summed E-state index contributed by atoms with van der Waals surface area (Å²) in [5.41, 5.74) is 1.17. The second-order valence-electron chi connectivity index (χ2n) is 7.27. The van der Waals surface area contributed by atoms with Crippen LogP contribution in [0.4, 0.5) is 0 Å². The van der Waals surface area contributed by atoms with Gasteiger partial charge in [-0.2, -0.15) is 0 Å². The molecule has 1 fully saturated rings. The zero-order valence-corrected chi connectivity index (χ0v) is 18.4. The number of Topliss-reactive ketones (excluding diaryl/α,β-unsaturated/α-hetero) is 1. The summed E-state index contributed by atoms with van der Waals surface area (Å²) in [7, 11) is 1.58. The van der Waals surface area contributed by atoms with E-state index in [-0.39, 0.29) is 11.3 Å². The van der Waals surface area contributed by atoms with E-state index in [2.05, 4.69) is 0 Å². The summed E-state index contributed by atoms with van der Waals surface area (Å²) in [6, 6.07) is 13.1. The fraction of sp³-hybridized carbons (Fsp3) is 0.333. The SMILES string of the molecule is CCCOc1cccc(C(O)=C2C(=O)C(=O)N(CCCOC)C2c2ccc(Cl)cc2)c1. The van der Waals surface area contributed by atoms with Gasteiger partial charge in [0.1, 0.15) is 11.5 Å². The van der Waals surface area contributed by atoms with Crippen molar-refractivity contribution in [1.82, 2.24) is 4.90 Å². The van der Waals surface area contributed by atoms with E-state index in [1.807, 2.05) is 6.92 Å². The number of likely N-dealkylation sites (tertiary alicyclic amines) is 1. The number of nitrogens with zero attached hydrogens (tertiary/aromatic N) is 1. The van der Waals surface area contributed by atoms with Gasteiger partial charge in [-0.1, -0.05) is 42.8 Å². The lowest BCUT2D eigenvalue weighted by Gasteiger charge is -2.25. The third-order valence-electron chi connectivity index (χ3n) is 5.05. The van der Waals surface area contributed by atoms with Gasteiger partial charge < -0.3 is 19.5 Å². The zero-order valence-electron chi connectivity index (χ0n) is 17.6. The molecule has 2 aromatic carbocycles. The Kier molecular flexibility index (Phi) is 7.71. The van der Waals surface area contributed by atoms with Gasteiger partial charge in [0, 0.05) is 30.8 Å². The number of rotatable bonds is 9. The normalized spacial score (nSPS) is 17.9. The lowest BCUT2D eigenvalue weighted by Crippen LogP contribution is -2.31. The second kappa shape index (κ2) is 10.5. The molecule has 6 nitrogen and oxygen atoms in total. The van der Waals surface area contributed by atoms with Crippen molar-refractivity contribution < 1.29 is 24.2 Å². The maximum atomic E-state index is 13.0. The fourth-order valence-electron chi connectivity index (χ4n) is 3.59. The van der Waals surface area contributed by atoms with Crippen LogP contribution in [-0.2, 0) is 14.3 Å². The molecule has 0 saturated carbocycles. The standard InChI is InChI=1S/C24H26ClNO5/c1-3-13-31-19-7-4-6-17(15-19)22(27)20-21(16-8-10-18(25)11-9-16)26(12-5-14-30-2)24(29)23(20)28/h4,6-11,15,21,27H,3,5,12-14H2,1-2H3. The third kappa shape index (κ3) is 5.09. The van der Waals surface area contributed by atoms with Crippen LogP contribution in [0.25, 0.3) is 5.76 Å². The molecular weight excluding hydrogens is 418 g/mol. The van der Waals surface area contributed by atoms with E-state index in [4.69, 9.17) is 21.1 Å². The van der Waals surface area contributed by atoms with Crippen LogP contribution >= 0.6 is 11.6 Å². The molecule has 1 atom stereocenters. The first-order valence-electron chi connectivity index (χ1n) is 10.2. The Labute approximate surface area is 187 Å². The van der Waals surface area contributed by atoms with Gasteiger partial charge >= 0.3 is 0 Å². The third-order valence-corrected chi connectivity index (χ3v) is 5.31. The summed E-state index contributed by atoms with van der Waals surface area (Å²) in [6.45, 7) is 3.31.